The van der Waals surface area contributed by atoms with Crippen molar-refractivity contribution in [2.24, 2.45) is 0 Å². The highest BCUT2D eigenvalue weighted by Gasteiger charge is 2.43. The van der Waals surface area contributed by atoms with Crippen molar-refractivity contribution in [1.29, 1.82) is 0 Å². The Balaban J connectivity index is 1.21. The molecule has 0 bridgehead atoms. The zero-order valence-corrected chi connectivity index (χ0v) is 16.7. The third-order valence-corrected chi connectivity index (χ3v) is 6.94. The molecule has 0 aromatic heterocycles. The Kier molecular flexibility index (Phi) is 4.78. The molecule has 2 atom stereocenters. The van der Waals surface area contributed by atoms with E-state index in [0.717, 1.165) is 26.1 Å². The molecular weight excluding hydrogens is 365 g/mol. The number of hydrogen-bond acceptors (Lipinski definition) is 4. The summed E-state index contributed by atoms with van der Waals surface area (Å²) in [5.74, 6) is 0.186. The summed E-state index contributed by atoms with van der Waals surface area (Å²) >= 11 is 0. The van der Waals surface area contributed by atoms with E-state index in [1.807, 2.05) is 0 Å². The number of piperidine rings is 1. The summed E-state index contributed by atoms with van der Waals surface area (Å²) in [5, 5.41) is 0. The number of Topliss-reactive ketones (excluding diaryl/α,β-unsaturated/α-hetero) is 1. The zero-order chi connectivity index (χ0) is 20.0. The highest BCUT2D eigenvalue weighted by Crippen LogP contribution is 2.48. The zero-order valence-electron chi connectivity index (χ0n) is 16.7. The van der Waals surface area contributed by atoms with Crippen molar-refractivity contribution in [1.82, 2.24) is 4.90 Å². The SMILES string of the molecule is Nc1cc(F)ccc1C(=O)CCCN1CC[C@@H]2[C@H](C1)c1cccc3c1N2CCC3. The molecule has 5 heteroatoms. The topological polar surface area (TPSA) is 49.6 Å². The van der Waals surface area contributed by atoms with Crippen LogP contribution in [0.2, 0.25) is 0 Å². The van der Waals surface area contributed by atoms with Crippen LogP contribution in [-0.2, 0) is 6.42 Å². The Morgan fingerprint density at radius 1 is 1.21 bits per heavy atom. The largest absolute Gasteiger partial charge is 0.398 e. The first-order chi connectivity index (χ1) is 14.1. The summed E-state index contributed by atoms with van der Waals surface area (Å²) < 4.78 is 13.2. The first kappa shape index (κ1) is 18.6. The molecule has 0 amide bonds. The van der Waals surface area contributed by atoms with Crippen molar-refractivity contribution in [3.05, 3.63) is 58.9 Å². The highest BCUT2D eigenvalue weighted by atomic mass is 19.1. The van der Waals surface area contributed by atoms with Crippen LogP contribution in [0, 0.1) is 5.82 Å². The quantitative estimate of drug-likeness (QED) is 0.616. The Morgan fingerprint density at radius 2 is 2.10 bits per heavy atom. The van der Waals surface area contributed by atoms with E-state index in [0.29, 0.717) is 23.9 Å². The number of likely N-dealkylation sites (tertiary alicyclic amines) is 1. The van der Waals surface area contributed by atoms with Gasteiger partial charge in [0.2, 0.25) is 0 Å². The fourth-order valence-electron chi connectivity index (χ4n) is 5.62. The normalized spacial score (nSPS) is 23.0. The second-order valence-electron chi connectivity index (χ2n) is 8.67. The van der Waals surface area contributed by atoms with Gasteiger partial charge in [-0.3, -0.25) is 4.79 Å². The van der Waals surface area contributed by atoms with E-state index in [2.05, 4.69) is 28.0 Å². The molecule has 0 saturated carbocycles. The van der Waals surface area contributed by atoms with Gasteiger partial charge in [0.15, 0.2) is 5.78 Å². The lowest BCUT2D eigenvalue weighted by Gasteiger charge is -2.40. The van der Waals surface area contributed by atoms with Crippen LogP contribution in [0.1, 0.15) is 53.1 Å². The number of anilines is 2. The Labute approximate surface area is 171 Å². The standard InChI is InChI=1S/C24H28FN3O/c25-17-8-9-19(21(26)14-17)23(29)7-3-11-27-13-10-22-20(15-27)18-6-1-4-16-5-2-12-28(22)24(16)18/h1,4,6,8-9,14,20,22H,2-3,5,7,10-13,15,26H2/t20-,22-/m1/s1. The lowest BCUT2D eigenvalue weighted by atomic mass is 9.88. The number of rotatable bonds is 5. The van der Waals surface area contributed by atoms with Crippen LogP contribution in [0.25, 0.3) is 0 Å². The lowest BCUT2D eigenvalue weighted by Crippen LogP contribution is -2.47. The second kappa shape index (κ2) is 7.45. The number of ketones is 1. The number of carbonyl (C=O) groups excluding carboxylic acids is 1. The minimum atomic E-state index is -0.403. The van der Waals surface area contributed by atoms with Gasteiger partial charge < -0.3 is 15.5 Å². The molecule has 2 N–H and O–H groups in total. The van der Waals surface area contributed by atoms with E-state index in [9.17, 15) is 9.18 Å². The molecule has 0 radical (unpaired) electrons. The first-order valence-electron chi connectivity index (χ1n) is 10.8. The van der Waals surface area contributed by atoms with Gasteiger partial charge >= 0.3 is 0 Å². The summed E-state index contributed by atoms with van der Waals surface area (Å²) in [6.45, 7) is 4.28. The molecule has 0 spiro atoms. The monoisotopic (exact) mass is 393 g/mol. The average Bonchev–Trinajstić information content (AvgIpc) is 3.04. The maximum atomic E-state index is 13.2. The van der Waals surface area contributed by atoms with Crippen LogP contribution in [0.3, 0.4) is 0 Å². The van der Waals surface area contributed by atoms with Crippen molar-refractivity contribution in [3.63, 3.8) is 0 Å². The molecule has 2 aromatic carbocycles. The fourth-order valence-corrected chi connectivity index (χ4v) is 5.62. The summed E-state index contributed by atoms with van der Waals surface area (Å²) in [6, 6.07) is 11.5. The molecule has 3 heterocycles. The van der Waals surface area contributed by atoms with Gasteiger partial charge in [-0.05, 0) is 61.6 Å². The van der Waals surface area contributed by atoms with Gasteiger partial charge in [0.1, 0.15) is 5.82 Å². The predicted molar refractivity (Wildman–Crippen MR) is 114 cm³/mol. The summed E-state index contributed by atoms with van der Waals surface area (Å²) in [6.07, 6.45) is 4.92. The smallest absolute Gasteiger partial charge is 0.164 e. The number of nitrogen functional groups attached to an aromatic ring is 1. The Hall–Kier alpha value is -2.40. The van der Waals surface area contributed by atoms with Gasteiger partial charge in [-0.2, -0.15) is 0 Å². The van der Waals surface area contributed by atoms with Gasteiger partial charge in [0, 0.05) is 55.0 Å². The van der Waals surface area contributed by atoms with E-state index in [1.165, 1.54) is 60.8 Å². The van der Waals surface area contributed by atoms with E-state index >= 15 is 0 Å². The van der Waals surface area contributed by atoms with Crippen LogP contribution >= 0.6 is 0 Å². The summed E-state index contributed by atoms with van der Waals surface area (Å²) in [4.78, 5) is 17.7. The number of carbonyl (C=O) groups is 1. The molecular formula is C24H28FN3O. The summed E-state index contributed by atoms with van der Waals surface area (Å²) in [5.41, 5.74) is 11.1. The number of para-hydroxylation sites is 1. The minimum Gasteiger partial charge on any atom is -0.398 e. The first-order valence-corrected chi connectivity index (χ1v) is 10.8. The Morgan fingerprint density at radius 3 is 2.97 bits per heavy atom. The molecule has 0 aliphatic carbocycles. The number of hydrogen-bond donors (Lipinski definition) is 1. The highest BCUT2D eigenvalue weighted by molar-refractivity contribution is 6.00. The van der Waals surface area contributed by atoms with Gasteiger partial charge in [0.25, 0.3) is 0 Å². The van der Waals surface area contributed by atoms with Crippen LogP contribution in [-0.4, -0.2) is 42.9 Å². The van der Waals surface area contributed by atoms with Gasteiger partial charge in [-0.15, -0.1) is 0 Å². The number of nitrogens with two attached hydrogens (primary N) is 1. The fraction of sp³-hybridized carbons (Fsp3) is 0.458. The maximum absolute atomic E-state index is 13.2. The lowest BCUT2D eigenvalue weighted by molar-refractivity contribution is 0.0972. The number of nitrogens with zero attached hydrogens (tertiary/aromatic N) is 2. The van der Waals surface area contributed by atoms with Crippen LogP contribution in [0.15, 0.2) is 36.4 Å². The number of benzene rings is 2. The van der Waals surface area contributed by atoms with E-state index in [1.54, 1.807) is 0 Å². The van der Waals surface area contributed by atoms with Crippen molar-refractivity contribution < 1.29 is 9.18 Å². The molecule has 3 aliphatic rings. The van der Waals surface area contributed by atoms with E-state index in [-0.39, 0.29) is 11.5 Å². The molecule has 2 aromatic rings. The van der Waals surface area contributed by atoms with Crippen LogP contribution < -0.4 is 10.6 Å². The van der Waals surface area contributed by atoms with E-state index < -0.39 is 5.82 Å². The molecule has 152 valence electrons. The Bertz CT molecular complexity index is 944. The van der Waals surface area contributed by atoms with E-state index in [4.69, 9.17) is 5.73 Å². The van der Waals surface area contributed by atoms with Crippen LogP contribution in [0.5, 0.6) is 0 Å². The van der Waals surface area contributed by atoms with Crippen molar-refractivity contribution in [2.45, 2.75) is 44.1 Å². The molecule has 1 fully saturated rings. The molecule has 4 nitrogen and oxygen atoms in total. The number of aryl methyl sites for hydroxylation is 1. The molecule has 3 aliphatic heterocycles. The van der Waals surface area contributed by atoms with Gasteiger partial charge in [-0.1, -0.05) is 18.2 Å². The minimum absolute atomic E-state index is 0.00491. The second-order valence-corrected chi connectivity index (χ2v) is 8.67. The molecule has 1 saturated heterocycles. The van der Waals surface area contributed by atoms with Crippen molar-refractivity contribution in [3.8, 4) is 0 Å². The van der Waals surface area contributed by atoms with Gasteiger partial charge in [0.05, 0.1) is 0 Å². The predicted octanol–water partition coefficient (Wildman–Crippen LogP) is 4.00. The van der Waals surface area contributed by atoms with Crippen molar-refractivity contribution >= 4 is 17.2 Å². The summed E-state index contributed by atoms with van der Waals surface area (Å²) in [7, 11) is 0. The molecule has 5 rings (SSSR count). The number of fused-ring (bicyclic) bond motifs is 3. The van der Waals surface area contributed by atoms with Crippen molar-refractivity contribution in [2.75, 3.05) is 36.8 Å². The molecule has 29 heavy (non-hydrogen) atoms. The van der Waals surface area contributed by atoms with Gasteiger partial charge in [-0.25, -0.2) is 4.39 Å². The average molecular weight is 394 g/mol. The number of halogens is 1. The van der Waals surface area contributed by atoms with Crippen LogP contribution in [0.4, 0.5) is 15.8 Å². The third-order valence-electron chi connectivity index (χ3n) is 6.94. The third kappa shape index (κ3) is 3.31. The molecule has 0 unspecified atom stereocenters. The maximum Gasteiger partial charge on any atom is 0.164 e.